The molecule has 21 heavy (non-hydrogen) atoms. The van der Waals surface area contributed by atoms with Crippen molar-refractivity contribution in [3.8, 4) is 0 Å². The van der Waals surface area contributed by atoms with E-state index in [-0.39, 0.29) is 37.0 Å². The SMILES string of the molecule is C[C@@]12CCC[C@]3(C)[C@@H]1[C@H](C=C1COC(=O)C[C@]13O)OC2=O. The van der Waals surface area contributed by atoms with Crippen LogP contribution in [0.25, 0.3) is 0 Å². The second-order valence-corrected chi connectivity index (χ2v) is 7.43. The lowest BCUT2D eigenvalue weighted by Gasteiger charge is -2.58. The summed E-state index contributed by atoms with van der Waals surface area (Å²) in [5.74, 6) is -0.618. The highest BCUT2D eigenvalue weighted by atomic mass is 16.6. The highest BCUT2D eigenvalue weighted by molar-refractivity contribution is 5.81. The van der Waals surface area contributed by atoms with Crippen molar-refractivity contribution in [2.24, 2.45) is 16.7 Å². The zero-order valence-corrected chi connectivity index (χ0v) is 12.3. The largest absolute Gasteiger partial charge is 0.461 e. The zero-order chi connectivity index (χ0) is 15.0. The van der Waals surface area contributed by atoms with Gasteiger partial charge in [-0.25, -0.2) is 0 Å². The summed E-state index contributed by atoms with van der Waals surface area (Å²) in [6.07, 6.45) is 3.93. The minimum atomic E-state index is -1.21. The van der Waals surface area contributed by atoms with Crippen LogP contribution in [0.4, 0.5) is 0 Å². The van der Waals surface area contributed by atoms with Gasteiger partial charge in [0.1, 0.15) is 18.3 Å². The zero-order valence-electron chi connectivity index (χ0n) is 12.3. The monoisotopic (exact) mass is 292 g/mol. The van der Waals surface area contributed by atoms with Crippen molar-refractivity contribution in [2.75, 3.05) is 6.61 Å². The quantitative estimate of drug-likeness (QED) is 0.539. The number of fused-ring (bicyclic) bond motifs is 2. The summed E-state index contributed by atoms with van der Waals surface area (Å²) >= 11 is 0. The standard InChI is InChI=1S/C16H20O5/c1-14-4-3-5-15(2)12(14)10(21-13(14)18)6-9-8-20-11(17)7-16(9,15)19/h6,10,12,19H,3-5,7-8H2,1-2H3/t10-,12+,14+,15+,16-/m0/s1. The molecule has 0 aromatic carbocycles. The summed E-state index contributed by atoms with van der Waals surface area (Å²) in [7, 11) is 0. The van der Waals surface area contributed by atoms with E-state index in [1.54, 1.807) is 0 Å². The molecule has 1 saturated carbocycles. The van der Waals surface area contributed by atoms with E-state index in [1.165, 1.54) is 0 Å². The second kappa shape index (κ2) is 3.69. The van der Waals surface area contributed by atoms with Crippen LogP contribution in [0.3, 0.4) is 0 Å². The van der Waals surface area contributed by atoms with E-state index in [0.29, 0.717) is 5.57 Å². The maximum Gasteiger partial charge on any atom is 0.312 e. The highest BCUT2D eigenvalue weighted by Crippen LogP contribution is 2.65. The summed E-state index contributed by atoms with van der Waals surface area (Å²) in [6, 6.07) is 0. The summed E-state index contributed by atoms with van der Waals surface area (Å²) in [4.78, 5) is 24.1. The number of esters is 2. The van der Waals surface area contributed by atoms with Crippen LogP contribution in [0, 0.1) is 16.7 Å². The fourth-order valence-corrected chi connectivity index (χ4v) is 5.32. The second-order valence-electron chi connectivity index (χ2n) is 7.43. The molecule has 1 N–H and O–H groups in total. The first-order valence-corrected chi connectivity index (χ1v) is 7.61. The lowest BCUT2D eigenvalue weighted by atomic mass is 9.46. The molecule has 0 bridgehead atoms. The Morgan fingerprint density at radius 1 is 1.29 bits per heavy atom. The molecule has 0 radical (unpaired) electrons. The number of hydrogen-bond acceptors (Lipinski definition) is 5. The third-order valence-electron chi connectivity index (χ3n) is 6.43. The van der Waals surface area contributed by atoms with Crippen molar-refractivity contribution in [3.63, 3.8) is 0 Å². The first-order valence-electron chi connectivity index (χ1n) is 7.61. The van der Waals surface area contributed by atoms with Crippen LogP contribution in [-0.4, -0.2) is 35.4 Å². The maximum atomic E-state index is 12.4. The van der Waals surface area contributed by atoms with Gasteiger partial charge >= 0.3 is 11.9 Å². The van der Waals surface area contributed by atoms with Crippen LogP contribution in [0.15, 0.2) is 11.6 Å². The normalized spacial score (nSPS) is 51.5. The Morgan fingerprint density at radius 3 is 2.81 bits per heavy atom. The fourth-order valence-electron chi connectivity index (χ4n) is 5.32. The van der Waals surface area contributed by atoms with Gasteiger partial charge in [0.2, 0.25) is 0 Å². The number of rotatable bonds is 0. The Labute approximate surface area is 123 Å². The van der Waals surface area contributed by atoms with E-state index < -0.39 is 16.4 Å². The van der Waals surface area contributed by atoms with Crippen LogP contribution >= 0.6 is 0 Å². The molecular weight excluding hydrogens is 272 g/mol. The molecule has 4 rings (SSSR count). The summed E-state index contributed by atoms with van der Waals surface area (Å²) in [5.41, 5.74) is -1.60. The Kier molecular flexibility index (Phi) is 2.34. The number of ether oxygens (including phenoxy) is 2. The van der Waals surface area contributed by atoms with Gasteiger partial charge in [-0.1, -0.05) is 13.3 Å². The third kappa shape index (κ3) is 1.36. The number of carbonyl (C=O) groups is 2. The van der Waals surface area contributed by atoms with Crippen LogP contribution < -0.4 is 0 Å². The molecule has 2 aliphatic carbocycles. The van der Waals surface area contributed by atoms with Crippen LogP contribution in [0.5, 0.6) is 0 Å². The van der Waals surface area contributed by atoms with E-state index in [1.807, 2.05) is 19.9 Å². The molecule has 3 fully saturated rings. The molecule has 5 nitrogen and oxygen atoms in total. The summed E-state index contributed by atoms with van der Waals surface area (Å²) in [5, 5.41) is 11.3. The molecule has 0 spiro atoms. The minimum absolute atomic E-state index is 0.0250. The van der Waals surface area contributed by atoms with Crippen molar-refractivity contribution < 1.29 is 24.2 Å². The topological polar surface area (TPSA) is 72.8 Å². The van der Waals surface area contributed by atoms with Gasteiger partial charge in [-0.15, -0.1) is 0 Å². The molecule has 5 atom stereocenters. The van der Waals surface area contributed by atoms with Crippen molar-refractivity contribution in [3.05, 3.63) is 11.6 Å². The summed E-state index contributed by atoms with van der Waals surface area (Å²) < 4.78 is 10.7. The van der Waals surface area contributed by atoms with E-state index in [0.717, 1.165) is 19.3 Å². The van der Waals surface area contributed by atoms with Crippen LogP contribution in [0.1, 0.15) is 39.5 Å². The minimum Gasteiger partial charge on any atom is -0.461 e. The van der Waals surface area contributed by atoms with Gasteiger partial charge in [-0.3, -0.25) is 9.59 Å². The van der Waals surface area contributed by atoms with Gasteiger partial charge in [0.25, 0.3) is 0 Å². The number of carbonyl (C=O) groups excluding carboxylic acids is 2. The van der Waals surface area contributed by atoms with Gasteiger partial charge in [0, 0.05) is 11.3 Å². The van der Waals surface area contributed by atoms with Crippen molar-refractivity contribution >= 4 is 11.9 Å². The number of hydrogen-bond donors (Lipinski definition) is 1. The fraction of sp³-hybridized carbons (Fsp3) is 0.750. The maximum absolute atomic E-state index is 12.4. The average molecular weight is 292 g/mol. The molecular formula is C16H20O5. The molecule has 4 aliphatic rings. The van der Waals surface area contributed by atoms with Gasteiger partial charge in [-0.05, 0) is 31.4 Å². The number of aliphatic hydroxyl groups is 1. The molecule has 0 aromatic rings. The van der Waals surface area contributed by atoms with Gasteiger partial charge < -0.3 is 14.6 Å². The van der Waals surface area contributed by atoms with Crippen molar-refractivity contribution in [1.82, 2.24) is 0 Å². The van der Waals surface area contributed by atoms with Gasteiger partial charge in [-0.2, -0.15) is 0 Å². The predicted molar refractivity (Wildman–Crippen MR) is 72.0 cm³/mol. The van der Waals surface area contributed by atoms with Gasteiger partial charge in [0.15, 0.2) is 0 Å². The first kappa shape index (κ1) is 13.3. The lowest BCUT2D eigenvalue weighted by Crippen LogP contribution is -2.64. The lowest BCUT2D eigenvalue weighted by molar-refractivity contribution is -0.183. The third-order valence-corrected chi connectivity index (χ3v) is 6.43. The van der Waals surface area contributed by atoms with Crippen molar-refractivity contribution in [2.45, 2.75) is 51.2 Å². The molecule has 0 amide bonds. The molecule has 114 valence electrons. The first-order chi connectivity index (χ1) is 9.81. The molecule has 0 aromatic heterocycles. The Morgan fingerprint density at radius 2 is 2.05 bits per heavy atom. The molecule has 2 heterocycles. The predicted octanol–water partition coefficient (Wildman–Crippen LogP) is 1.34. The molecule has 2 saturated heterocycles. The number of cyclic esters (lactones) is 1. The molecule has 0 unspecified atom stereocenters. The Hall–Kier alpha value is -1.36. The Bertz CT molecular complexity index is 581. The van der Waals surface area contributed by atoms with E-state index in [9.17, 15) is 14.7 Å². The molecule has 2 aliphatic heterocycles. The van der Waals surface area contributed by atoms with E-state index in [2.05, 4.69) is 0 Å². The Balaban J connectivity index is 1.91. The van der Waals surface area contributed by atoms with Crippen LogP contribution in [-0.2, 0) is 19.1 Å². The van der Waals surface area contributed by atoms with E-state index in [4.69, 9.17) is 9.47 Å². The van der Waals surface area contributed by atoms with Gasteiger partial charge in [0.05, 0.1) is 11.8 Å². The average Bonchev–Trinajstić information content (AvgIpc) is 2.65. The van der Waals surface area contributed by atoms with Crippen LogP contribution in [0.2, 0.25) is 0 Å². The highest BCUT2D eigenvalue weighted by Gasteiger charge is 2.70. The summed E-state index contributed by atoms with van der Waals surface area (Å²) in [6.45, 7) is 4.05. The van der Waals surface area contributed by atoms with E-state index >= 15 is 0 Å². The smallest absolute Gasteiger partial charge is 0.312 e. The molecule has 5 heteroatoms. The van der Waals surface area contributed by atoms with Crippen molar-refractivity contribution in [1.29, 1.82) is 0 Å².